The second-order valence-electron chi connectivity index (χ2n) is 37.9. The summed E-state index contributed by atoms with van der Waals surface area (Å²) in [4.78, 5) is 44.2. The molecule has 0 atom stereocenters. The highest BCUT2D eigenvalue weighted by atomic mass is 16.5. The van der Waals surface area contributed by atoms with E-state index < -0.39 is 5.97 Å². The molecule has 17 heteroatoms. The summed E-state index contributed by atoms with van der Waals surface area (Å²) in [6.45, 7) is 111. The second kappa shape index (κ2) is 87.0. The lowest BCUT2D eigenvalue weighted by atomic mass is 9.94. The fourth-order valence-electron chi connectivity index (χ4n) is 14.1. The highest BCUT2D eigenvalue weighted by Gasteiger charge is 2.21. The monoisotopic (exact) mass is 1670 g/mol. The molecule has 17 nitrogen and oxygen atoms in total. The zero-order chi connectivity index (χ0) is 91.6. The molecule has 6 saturated heterocycles. The predicted molar refractivity (Wildman–Crippen MR) is 531 cm³/mol. The smallest absolute Gasteiger partial charge is 0.317 e. The van der Waals surface area contributed by atoms with Gasteiger partial charge < -0.3 is 63.7 Å². The summed E-state index contributed by atoms with van der Waals surface area (Å²) in [6.07, 6.45) is 24.9. The Labute approximate surface area is 740 Å². The van der Waals surface area contributed by atoms with Crippen molar-refractivity contribution in [2.75, 3.05) is 206 Å². The van der Waals surface area contributed by atoms with Gasteiger partial charge >= 0.3 is 5.97 Å². The highest BCUT2D eigenvalue weighted by Crippen LogP contribution is 2.21. The SMILES string of the molecule is CC(C)N(C)C.CC(C)N1CCCC1.CC(C)N1CCCCC1.CC(C)N1CCCCC1.CC(C)N1CCCCC1.CCC1CCN(C(C)C)CC1.CCCN(C)C(C)C.CCCN(CCC)C(C)C.CCCN(CCOC)C(C)C.CCN(C)C(C)C.CCN(CC(=O)O)C(C)C.CCN(CC)C(C)C.CCN1CCN(C(C)C)CC1. The van der Waals surface area contributed by atoms with Crippen molar-refractivity contribution in [2.45, 2.75) is 443 Å². The lowest BCUT2D eigenvalue weighted by molar-refractivity contribution is -0.138. The largest absolute Gasteiger partial charge is 0.480 e. The number of likely N-dealkylation sites (tertiary alicyclic amines) is 5. The van der Waals surface area contributed by atoms with Gasteiger partial charge in [0.25, 0.3) is 0 Å². The van der Waals surface area contributed by atoms with Gasteiger partial charge in [-0.2, -0.15) is 0 Å². The van der Waals surface area contributed by atoms with Crippen molar-refractivity contribution in [2.24, 2.45) is 5.92 Å². The number of hydrogen-bond acceptors (Lipinski definition) is 16. The van der Waals surface area contributed by atoms with Crippen molar-refractivity contribution in [1.29, 1.82) is 0 Å². The average Bonchev–Trinajstić information content (AvgIpc) is 0.947. The molecule has 0 aromatic heterocycles. The molecular formula is C100H226N14O3. The van der Waals surface area contributed by atoms with Gasteiger partial charge in [-0.1, -0.05) is 94.9 Å². The summed E-state index contributed by atoms with van der Waals surface area (Å²) < 4.78 is 5.03. The molecular weight excluding hydrogens is 1450 g/mol. The molecule has 0 radical (unpaired) electrons. The van der Waals surface area contributed by atoms with Crippen LogP contribution in [0.15, 0.2) is 0 Å². The van der Waals surface area contributed by atoms with Crippen LogP contribution in [-0.4, -0.2) is 364 Å². The molecule has 6 fully saturated rings. The molecule has 1 N–H and O–H groups in total. The van der Waals surface area contributed by atoms with Crippen LogP contribution in [0.3, 0.4) is 0 Å². The van der Waals surface area contributed by atoms with E-state index in [4.69, 9.17) is 9.84 Å². The highest BCUT2D eigenvalue weighted by molar-refractivity contribution is 5.69. The Hall–Kier alpha value is -1.13. The number of piperidine rings is 4. The van der Waals surface area contributed by atoms with Crippen molar-refractivity contribution >= 4 is 5.97 Å². The maximum absolute atomic E-state index is 10.2. The summed E-state index contributed by atoms with van der Waals surface area (Å²) in [7, 11) is 10.2. The lowest BCUT2D eigenvalue weighted by Crippen LogP contribution is -2.48. The number of carboxylic acids is 1. The number of ether oxygens (including phenoxy) is 1. The van der Waals surface area contributed by atoms with Crippen LogP contribution in [0.2, 0.25) is 0 Å². The fraction of sp³-hybridized carbons (Fsp3) is 0.990. The number of methoxy groups -OCH3 is 1. The van der Waals surface area contributed by atoms with E-state index in [-0.39, 0.29) is 6.54 Å². The molecule has 0 aliphatic carbocycles. The van der Waals surface area contributed by atoms with Crippen molar-refractivity contribution < 1.29 is 14.6 Å². The molecule has 117 heavy (non-hydrogen) atoms. The van der Waals surface area contributed by atoms with Crippen LogP contribution in [0.5, 0.6) is 0 Å². The number of carbonyl (C=O) groups is 1. The molecule has 0 spiro atoms. The number of piperazine rings is 1. The summed E-state index contributed by atoms with van der Waals surface area (Å²) in [5.74, 6) is 0.264. The zero-order valence-electron chi connectivity index (χ0n) is 88.2. The maximum atomic E-state index is 10.2. The third-order valence-corrected chi connectivity index (χ3v) is 24.2. The quantitative estimate of drug-likeness (QED) is 0.0692. The first-order valence-electron chi connectivity index (χ1n) is 49.8. The van der Waals surface area contributed by atoms with Crippen molar-refractivity contribution in [3.63, 3.8) is 0 Å². The normalized spacial score (nSPS) is 16.9. The molecule has 0 bridgehead atoms. The van der Waals surface area contributed by atoms with Gasteiger partial charge in [-0.15, -0.1) is 0 Å². The van der Waals surface area contributed by atoms with Crippen molar-refractivity contribution in [1.82, 2.24) is 68.6 Å². The molecule has 0 amide bonds. The number of aliphatic carboxylic acids is 1. The first-order valence-corrected chi connectivity index (χ1v) is 49.8. The Kier molecular flexibility index (Phi) is 95.9. The lowest BCUT2D eigenvalue weighted by Gasteiger charge is -2.36. The number of nitrogens with zero attached hydrogens (tertiary/aromatic N) is 14. The number of likely N-dealkylation sites (N-methyl/N-ethyl adjacent to an activating group) is 2. The molecule has 0 unspecified atom stereocenters. The van der Waals surface area contributed by atoms with Gasteiger partial charge in [0.05, 0.1) is 13.2 Å². The topological polar surface area (TPSA) is 91.9 Å². The van der Waals surface area contributed by atoms with Crippen molar-refractivity contribution in [3.05, 3.63) is 0 Å². The van der Waals surface area contributed by atoms with Gasteiger partial charge in [0.2, 0.25) is 0 Å². The number of carboxylic acid groups (broad SMARTS) is 1. The summed E-state index contributed by atoms with van der Waals surface area (Å²) in [6, 6.07) is 9.06. The van der Waals surface area contributed by atoms with Gasteiger partial charge in [0, 0.05) is 118 Å². The molecule has 6 aliphatic rings. The van der Waals surface area contributed by atoms with Gasteiger partial charge in [-0.05, 0) is 428 Å². The minimum Gasteiger partial charge on any atom is -0.480 e. The van der Waals surface area contributed by atoms with E-state index in [1.54, 1.807) is 7.11 Å². The standard InChI is InChI=1S/C10H21N.C9H20N2.C9H21NO.C9H21N.3C8H17N.C7H15NO2.C7H15N.2C7H17N.C6H15N.C5H13N/c2*1-4-10-5-7-11(8-6-10)9(2)3;1-5-6-10(9(2)3)7-8-11-4;1-5-7-10(8-6-2)9(3)4;3*1-8(2)9-6-4-3-5-7-9;1-4-8(6(2)3)5-7(9)10;1-7(2)8-5-3-4-6-8;1-5-6-8(4)7(2)3;1-5-8(6-2)7(3)4;1-5-7(4)6(2)3;1-5(2)6(3)4/h9-10H,4-8H2,1-3H3;9H,4-8H2,1-3H3;9H,5-8H2,1-4H3;9H,5-8H2,1-4H3;3*8H,3-7H2,1-2H3;6H,4-5H2,1-3H3,(H,9,10);7H,3-6H2,1-2H3;2*7H,5-6H2,1-4H3;6H,5H2,1-4H3;5H,1-4H3. The second-order valence-corrected chi connectivity index (χ2v) is 37.9. The molecule has 0 saturated carbocycles. The van der Waals surface area contributed by atoms with E-state index >= 15 is 0 Å². The van der Waals surface area contributed by atoms with Crippen LogP contribution in [0.25, 0.3) is 0 Å². The summed E-state index contributed by atoms with van der Waals surface area (Å²) >= 11 is 0. The molecule has 0 aromatic carbocycles. The Morgan fingerprint density at radius 2 is 0.581 bits per heavy atom. The third-order valence-electron chi connectivity index (χ3n) is 24.2. The van der Waals surface area contributed by atoms with Crippen LogP contribution in [-0.2, 0) is 9.53 Å². The van der Waals surface area contributed by atoms with Crippen LogP contribution in [0.4, 0.5) is 0 Å². The Morgan fingerprint density at radius 3 is 0.744 bits per heavy atom. The van der Waals surface area contributed by atoms with Crippen LogP contribution >= 0.6 is 0 Å². The minimum atomic E-state index is -0.754. The molecule has 0 aromatic rings. The molecule has 6 rings (SSSR count). The Balaban J connectivity index is -0.000000225. The van der Waals surface area contributed by atoms with Gasteiger partial charge in [0.1, 0.15) is 0 Å². The minimum absolute atomic E-state index is 0.147. The Bertz CT molecular complexity index is 1820. The van der Waals surface area contributed by atoms with E-state index in [1.165, 1.54) is 253 Å². The van der Waals surface area contributed by atoms with Crippen LogP contribution < -0.4 is 0 Å². The average molecular weight is 1670 g/mol. The van der Waals surface area contributed by atoms with Crippen LogP contribution in [0.1, 0.15) is 365 Å². The number of hydrogen-bond donors (Lipinski definition) is 1. The first kappa shape index (κ1) is 129. The maximum Gasteiger partial charge on any atom is 0.317 e. The van der Waals surface area contributed by atoms with Gasteiger partial charge in [0.15, 0.2) is 0 Å². The molecule has 714 valence electrons. The third kappa shape index (κ3) is 81.7. The first-order chi connectivity index (χ1) is 54.9. The predicted octanol–water partition coefficient (Wildman–Crippen LogP) is 21.5. The zero-order valence-corrected chi connectivity index (χ0v) is 88.2. The number of rotatable bonds is 32. The van der Waals surface area contributed by atoms with E-state index in [1.807, 2.05) is 25.7 Å². The van der Waals surface area contributed by atoms with Gasteiger partial charge in [-0.25, -0.2) is 0 Å². The van der Waals surface area contributed by atoms with Crippen LogP contribution in [0, 0.1) is 5.92 Å². The summed E-state index contributed by atoms with van der Waals surface area (Å²) in [5.41, 5.74) is 0. The van der Waals surface area contributed by atoms with Gasteiger partial charge in [-0.3, -0.25) is 19.5 Å². The Morgan fingerprint density at radius 1 is 0.316 bits per heavy atom. The van der Waals surface area contributed by atoms with E-state index in [0.717, 1.165) is 74.5 Å². The van der Waals surface area contributed by atoms with E-state index in [0.29, 0.717) is 36.3 Å². The van der Waals surface area contributed by atoms with E-state index in [2.05, 4.69) is 320 Å². The van der Waals surface area contributed by atoms with Crippen molar-refractivity contribution in [3.8, 4) is 0 Å². The summed E-state index contributed by atoms with van der Waals surface area (Å²) in [5, 5.41) is 8.42. The fourth-order valence-corrected chi connectivity index (χ4v) is 14.1. The van der Waals surface area contributed by atoms with E-state index in [9.17, 15) is 4.79 Å². The molecule has 6 aliphatic heterocycles. The molecule has 6 heterocycles.